The van der Waals surface area contributed by atoms with Crippen LogP contribution in [0.2, 0.25) is 0 Å². The maximum atomic E-state index is 11.4. The Bertz CT molecular complexity index is 887. The van der Waals surface area contributed by atoms with Gasteiger partial charge in [-0.25, -0.2) is 0 Å². The van der Waals surface area contributed by atoms with Gasteiger partial charge in [0.15, 0.2) is 0 Å². The van der Waals surface area contributed by atoms with Crippen LogP contribution >= 0.6 is 0 Å². The lowest BCUT2D eigenvalue weighted by atomic mass is 9.91. The van der Waals surface area contributed by atoms with E-state index in [1.807, 2.05) is 20.8 Å². The summed E-state index contributed by atoms with van der Waals surface area (Å²) in [5.74, 6) is -0.805. The quantitative estimate of drug-likeness (QED) is 0.481. The molecule has 0 spiro atoms. The molecule has 1 heterocycles. The van der Waals surface area contributed by atoms with Crippen LogP contribution in [-0.4, -0.2) is 34.4 Å². The van der Waals surface area contributed by atoms with Gasteiger partial charge in [0.05, 0.1) is 29.4 Å². The fourth-order valence-electron chi connectivity index (χ4n) is 4.64. The second-order valence-electron chi connectivity index (χ2n) is 9.16. The van der Waals surface area contributed by atoms with Crippen molar-refractivity contribution in [1.29, 1.82) is 0 Å². The molecule has 0 aliphatic carbocycles. The first-order valence-electron chi connectivity index (χ1n) is 11.4. The molecular weight excluding hydrogens is 388 g/mol. The van der Waals surface area contributed by atoms with Gasteiger partial charge < -0.3 is 20.4 Å². The molecule has 168 valence electrons. The summed E-state index contributed by atoms with van der Waals surface area (Å²) in [7, 11) is 0. The first-order chi connectivity index (χ1) is 14.7. The van der Waals surface area contributed by atoms with E-state index in [0.717, 1.165) is 54.9 Å². The van der Waals surface area contributed by atoms with Gasteiger partial charge in [0.25, 0.3) is 0 Å². The number of carboxylic acid groups (broad SMARTS) is 1. The predicted octanol–water partition coefficient (Wildman–Crippen LogP) is 5.70. The van der Waals surface area contributed by atoms with E-state index in [2.05, 4.69) is 59.6 Å². The number of hydrogen-bond donors (Lipinski definition) is 3. The second-order valence-corrected chi connectivity index (χ2v) is 9.16. The van der Waals surface area contributed by atoms with Crippen molar-refractivity contribution in [2.45, 2.75) is 77.4 Å². The first kappa shape index (κ1) is 23.1. The Labute approximate surface area is 186 Å². The number of benzene rings is 2. The average molecular weight is 425 g/mol. The summed E-state index contributed by atoms with van der Waals surface area (Å²) in [5.41, 5.74) is 4.53. The highest BCUT2D eigenvalue weighted by atomic mass is 16.4. The lowest BCUT2D eigenvalue weighted by Gasteiger charge is -2.36. The molecule has 2 unspecified atom stereocenters. The number of carbonyl (C=O) groups is 1. The van der Waals surface area contributed by atoms with Crippen LogP contribution in [-0.2, 0) is 11.2 Å². The molecule has 3 rings (SSSR count). The summed E-state index contributed by atoms with van der Waals surface area (Å²) in [6, 6.07) is 14.7. The van der Waals surface area contributed by atoms with E-state index >= 15 is 0 Å². The molecule has 1 saturated heterocycles. The monoisotopic (exact) mass is 424 g/mol. The van der Waals surface area contributed by atoms with Crippen molar-refractivity contribution >= 4 is 23.0 Å². The van der Waals surface area contributed by atoms with Crippen LogP contribution < -0.4 is 10.2 Å². The topological polar surface area (TPSA) is 72.8 Å². The van der Waals surface area contributed by atoms with Crippen LogP contribution in [0.15, 0.2) is 42.5 Å². The molecule has 2 aromatic rings. The van der Waals surface area contributed by atoms with E-state index in [9.17, 15) is 15.0 Å². The number of rotatable bonds is 9. The van der Waals surface area contributed by atoms with Crippen LogP contribution in [0.25, 0.3) is 0 Å². The molecule has 0 radical (unpaired) electrons. The van der Waals surface area contributed by atoms with Crippen molar-refractivity contribution in [3.8, 4) is 0 Å². The summed E-state index contributed by atoms with van der Waals surface area (Å²) in [6.45, 7) is 8.82. The van der Waals surface area contributed by atoms with Gasteiger partial charge in [0.2, 0.25) is 0 Å². The predicted molar refractivity (Wildman–Crippen MR) is 127 cm³/mol. The van der Waals surface area contributed by atoms with Crippen LogP contribution in [0.3, 0.4) is 0 Å². The molecule has 31 heavy (non-hydrogen) atoms. The van der Waals surface area contributed by atoms with E-state index in [1.165, 1.54) is 5.56 Å². The van der Waals surface area contributed by atoms with Crippen molar-refractivity contribution < 1.29 is 15.0 Å². The highest BCUT2D eigenvalue weighted by Crippen LogP contribution is 2.39. The minimum absolute atomic E-state index is 0.0294. The molecule has 5 nitrogen and oxygen atoms in total. The molecule has 2 atom stereocenters. The van der Waals surface area contributed by atoms with E-state index in [1.54, 1.807) is 0 Å². The number of hydrogen-bond acceptors (Lipinski definition) is 4. The summed E-state index contributed by atoms with van der Waals surface area (Å²) in [6.07, 6.45) is 3.88. The van der Waals surface area contributed by atoms with Crippen LogP contribution in [0.1, 0.15) is 70.4 Å². The Morgan fingerprint density at radius 1 is 1.19 bits per heavy atom. The van der Waals surface area contributed by atoms with Crippen LogP contribution in [0.5, 0.6) is 0 Å². The van der Waals surface area contributed by atoms with Gasteiger partial charge in [-0.15, -0.1) is 0 Å². The van der Waals surface area contributed by atoms with Gasteiger partial charge in [-0.3, -0.25) is 4.79 Å². The molecule has 0 amide bonds. The Morgan fingerprint density at radius 3 is 2.48 bits per heavy atom. The zero-order chi connectivity index (χ0) is 22.6. The highest BCUT2D eigenvalue weighted by molar-refractivity contribution is 5.77. The molecule has 1 aliphatic heterocycles. The largest absolute Gasteiger partial charge is 0.481 e. The summed E-state index contributed by atoms with van der Waals surface area (Å²) >= 11 is 0. The Kier molecular flexibility index (Phi) is 7.26. The van der Waals surface area contributed by atoms with E-state index in [0.29, 0.717) is 0 Å². The average Bonchev–Trinajstić information content (AvgIpc) is 3.23. The Balaban J connectivity index is 2.01. The van der Waals surface area contributed by atoms with Gasteiger partial charge in [0.1, 0.15) is 0 Å². The van der Waals surface area contributed by atoms with Crippen molar-refractivity contribution in [3.05, 3.63) is 53.6 Å². The zero-order valence-electron chi connectivity index (χ0n) is 19.2. The standard InChI is InChI=1S/C26H36N2O3/c1-5-18-9-12-21(13-10-18)27-22-16-20(19(6-2)17-25(29)30)11-14-23(22)28-15-7-8-24(28)26(3,4)31/h9-14,16,19,24,27,31H,5-8,15,17H2,1-4H3,(H,29,30). The normalized spacial score (nSPS) is 17.6. The number of aliphatic hydroxyl groups is 1. The number of nitrogens with one attached hydrogen (secondary N) is 1. The third-order valence-corrected chi connectivity index (χ3v) is 6.42. The van der Waals surface area contributed by atoms with E-state index in [-0.39, 0.29) is 18.4 Å². The van der Waals surface area contributed by atoms with Crippen LogP contribution in [0.4, 0.5) is 17.1 Å². The first-order valence-corrected chi connectivity index (χ1v) is 11.4. The third kappa shape index (κ3) is 5.59. The number of carboxylic acids is 1. The summed E-state index contributed by atoms with van der Waals surface area (Å²) in [5, 5.41) is 23.6. The molecule has 1 aliphatic rings. The van der Waals surface area contributed by atoms with Gasteiger partial charge in [0, 0.05) is 12.2 Å². The molecule has 0 saturated carbocycles. The number of aliphatic carboxylic acids is 1. The second kappa shape index (κ2) is 9.73. The summed E-state index contributed by atoms with van der Waals surface area (Å²) in [4.78, 5) is 13.7. The third-order valence-electron chi connectivity index (χ3n) is 6.42. The molecule has 0 aromatic heterocycles. The molecule has 3 N–H and O–H groups in total. The fourth-order valence-corrected chi connectivity index (χ4v) is 4.64. The number of anilines is 3. The van der Waals surface area contributed by atoms with Gasteiger partial charge in [-0.05, 0) is 80.8 Å². The van der Waals surface area contributed by atoms with Crippen molar-refractivity contribution in [1.82, 2.24) is 0 Å². The molecule has 0 bridgehead atoms. The maximum absolute atomic E-state index is 11.4. The lowest BCUT2D eigenvalue weighted by molar-refractivity contribution is -0.137. The Hall–Kier alpha value is -2.53. The smallest absolute Gasteiger partial charge is 0.303 e. The van der Waals surface area contributed by atoms with E-state index in [4.69, 9.17) is 0 Å². The number of nitrogens with zero attached hydrogens (tertiary/aromatic N) is 1. The van der Waals surface area contributed by atoms with Gasteiger partial charge in [-0.2, -0.15) is 0 Å². The summed E-state index contributed by atoms with van der Waals surface area (Å²) < 4.78 is 0. The zero-order valence-corrected chi connectivity index (χ0v) is 19.2. The van der Waals surface area contributed by atoms with Crippen LogP contribution in [0, 0.1) is 0 Å². The van der Waals surface area contributed by atoms with Gasteiger partial charge in [-0.1, -0.05) is 32.0 Å². The van der Waals surface area contributed by atoms with E-state index < -0.39 is 11.6 Å². The SMILES string of the molecule is CCc1ccc(Nc2cc(C(CC)CC(=O)O)ccc2N2CCCC2C(C)(C)O)cc1. The Morgan fingerprint density at radius 2 is 1.90 bits per heavy atom. The molecule has 5 heteroatoms. The van der Waals surface area contributed by atoms with Gasteiger partial charge >= 0.3 is 5.97 Å². The molecule has 1 fully saturated rings. The van der Waals surface area contributed by atoms with Crippen molar-refractivity contribution in [3.63, 3.8) is 0 Å². The highest BCUT2D eigenvalue weighted by Gasteiger charge is 2.37. The fraction of sp³-hybridized carbons (Fsp3) is 0.500. The van der Waals surface area contributed by atoms with Crippen molar-refractivity contribution in [2.24, 2.45) is 0 Å². The molecule has 2 aromatic carbocycles. The molecular formula is C26H36N2O3. The minimum atomic E-state index is -0.801. The van der Waals surface area contributed by atoms with Crippen molar-refractivity contribution in [2.75, 3.05) is 16.8 Å². The number of aryl methyl sites for hydroxylation is 1. The lowest BCUT2D eigenvalue weighted by Crippen LogP contribution is -2.46. The maximum Gasteiger partial charge on any atom is 0.303 e. The minimum Gasteiger partial charge on any atom is -0.481 e.